The lowest BCUT2D eigenvalue weighted by atomic mass is 10.1. The molecule has 2 aromatic rings. The van der Waals surface area contributed by atoms with E-state index >= 15 is 0 Å². The molecule has 0 aliphatic carbocycles. The number of hydrogen-bond donors (Lipinski definition) is 0. The van der Waals surface area contributed by atoms with Crippen LogP contribution in [-0.2, 0) is 0 Å². The number of pyridine rings is 1. The van der Waals surface area contributed by atoms with E-state index in [4.69, 9.17) is 0 Å². The van der Waals surface area contributed by atoms with Crippen LogP contribution in [0.15, 0.2) is 36.5 Å². The molecule has 1 amide bonds. The number of carbonyl (C=O) groups excluding carboxylic acids is 1. The molecular formula is C16H18N2OS. The molecule has 2 heterocycles. The smallest absolute Gasteiger partial charge is 0.273 e. The summed E-state index contributed by atoms with van der Waals surface area (Å²) in [6.45, 7) is 5.96. The van der Waals surface area contributed by atoms with Crippen LogP contribution in [0.4, 0.5) is 0 Å². The van der Waals surface area contributed by atoms with Crippen molar-refractivity contribution in [1.82, 2.24) is 9.88 Å². The van der Waals surface area contributed by atoms with Gasteiger partial charge in [-0.25, -0.2) is 0 Å². The van der Waals surface area contributed by atoms with E-state index in [-0.39, 0.29) is 5.91 Å². The van der Waals surface area contributed by atoms with Gasteiger partial charge in [0.25, 0.3) is 5.91 Å². The second-order valence-corrected chi connectivity index (χ2v) is 7.23. The van der Waals surface area contributed by atoms with Crippen LogP contribution in [0.2, 0.25) is 0 Å². The van der Waals surface area contributed by atoms with Gasteiger partial charge < -0.3 is 4.90 Å². The maximum atomic E-state index is 12.8. The highest BCUT2D eigenvalue weighted by atomic mass is 32.2. The first-order valence-electron chi connectivity index (χ1n) is 6.93. The highest BCUT2D eigenvalue weighted by Crippen LogP contribution is 2.26. The van der Waals surface area contributed by atoms with Gasteiger partial charge in [0.1, 0.15) is 5.69 Å². The maximum Gasteiger partial charge on any atom is 0.273 e. The summed E-state index contributed by atoms with van der Waals surface area (Å²) >= 11 is 1.95. The molecule has 0 spiro atoms. The Balaban J connectivity index is 1.96. The van der Waals surface area contributed by atoms with Crippen LogP contribution in [0.3, 0.4) is 0 Å². The third-order valence-corrected chi connectivity index (χ3v) is 4.81. The lowest BCUT2D eigenvalue weighted by molar-refractivity contribution is 0.0749. The molecule has 2 atom stereocenters. The molecule has 1 aliphatic heterocycles. The quantitative estimate of drug-likeness (QED) is 0.807. The van der Waals surface area contributed by atoms with Crippen LogP contribution in [0.1, 0.15) is 24.3 Å². The van der Waals surface area contributed by atoms with Crippen LogP contribution >= 0.6 is 11.8 Å². The van der Waals surface area contributed by atoms with Gasteiger partial charge in [-0.3, -0.25) is 9.78 Å². The van der Waals surface area contributed by atoms with E-state index in [1.165, 1.54) is 0 Å². The Labute approximate surface area is 123 Å². The van der Waals surface area contributed by atoms with Crippen molar-refractivity contribution in [1.29, 1.82) is 0 Å². The van der Waals surface area contributed by atoms with Crippen LogP contribution in [0, 0.1) is 0 Å². The topological polar surface area (TPSA) is 33.2 Å². The van der Waals surface area contributed by atoms with Crippen molar-refractivity contribution >= 4 is 28.4 Å². The first-order valence-corrected chi connectivity index (χ1v) is 7.88. The Bertz CT molecular complexity index is 628. The van der Waals surface area contributed by atoms with E-state index in [0.29, 0.717) is 16.2 Å². The van der Waals surface area contributed by atoms with Crippen LogP contribution in [0.25, 0.3) is 10.8 Å². The molecule has 3 nitrogen and oxygen atoms in total. The summed E-state index contributed by atoms with van der Waals surface area (Å²) < 4.78 is 0. The number of amides is 1. The zero-order valence-electron chi connectivity index (χ0n) is 11.7. The summed E-state index contributed by atoms with van der Waals surface area (Å²) in [7, 11) is 0. The normalized spacial score (nSPS) is 23.0. The third kappa shape index (κ3) is 2.52. The van der Waals surface area contributed by atoms with Crippen molar-refractivity contribution in [2.45, 2.75) is 24.3 Å². The third-order valence-electron chi connectivity index (χ3n) is 3.58. The standard InChI is InChI=1S/C16H18N2OS/c1-11-9-18(10-12(2)20-11)16(19)15-14-6-4-3-5-13(14)7-8-17-15/h3-8,11-12H,9-10H2,1-2H3. The van der Waals surface area contributed by atoms with Crippen molar-refractivity contribution in [2.75, 3.05) is 13.1 Å². The summed E-state index contributed by atoms with van der Waals surface area (Å²) in [5.41, 5.74) is 0.578. The van der Waals surface area contributed by atoms with Crippen molar-refractivity contribution in [3.63, 3.8) is 0 Å². The number of aromatic nitrogens is 1. The largest absolute Gasteiger partial charge is 0.335 e. The SMILES string of the molecule is CC1CN(C(=O)c2nccc3ccccc23)CC(C)S1. The van der Waals surface area contributed by atoms with Crippen LogP contribution < -0.4 is 0 Å². The fourth-order valence-electron chi connectivity index (χ4n) is 2.78. The molecule has 1 aromatic carbocycles. The van der Waals surface area contributed by atoms with Gasteiger partial charge in [-0.05, 0) is 11.5 Å². The van der Waals surface area contributed by atoms with E-state index in [1.54, 1.807) is 6.20 Å². The Morgan fingerprint density at radius 1 is 1.20 bits per heavy atom. The molecule has 1 aliphatic rings. The zero-order chi connectivity index (χ0) is 14.1. The van der Waals surface area contributed by atoms with E-state index < -0.39 is 0 Å². The highest BCUT2D eigenvalue weighted by molar-refractivity contribution is 8.00. The van der Waals surface area contributed by atoms with Gasteiger partial charge in [0, 0.05) is 35.2 Å². The summed E-state index contributed by atoms with van der Waals surface area (Å²) in [6.07, 6.45) is 1.72. The second kappa shape index (κ2) is 5.44. The zero-order valence-corrected chi connectivity index (χ0v) is 12.6. The fourth-order valence-corrected chi connectivity index (χ4v) is 4.11. The van der Waals surface area contributed by atoms with E-state index in [1.807, 2.05) is 47.0 Å². The van der Waals surface area contributed by atoms with Gasteiger partial charge in [-0.1, -0.05) is 38.1 Å². The second-order valence-electron chi connectivity index (χ2n) is 5.35. The van der Waals surface area contributed by atoms with Gasteiger partial charge in [0.2, 0.25) is 0 Å². The predicted octanol–water partition coefficient (Wildman–Crippen LogP) is 3.20. The molecule has 0 bridgehead atoms. The minimum atomic E-state index is 0.0563. The number of nitrogens with zero attached hydrogens (tertiary/aromatic N) is 2. The van der Waals surface area contributed by atoms with Crippen molar-refractivity contribution in [3.8, 4) is 0 Å². The van der Waals surface area contributed by atoms with Gasteiger partial charge in [0.05, 0.1) is 0 Å². The molecule has 4 heteroatoms. The average molecular weight is 286 g/mol. The van der Waals surface area contributed by atoms with E-state index in [0.717, 1.165) is 23.9 Å². The van der Waals surface area contributed by atoms with E-state index in [2.05, 4.69) is 18.8 Å². The molecule has 2 unspecified atom stereocenters. The van der Waals surface area contributed by atoms with E-state index in [9.17, 15) is 4.79 Å². The van der Waals surface area contributed by atoms with Gasteiger partial charge in [-0.2, -0.15) is 11.8 Å². The van der Waals surface area contributed by atoms with Crippen molar-refractivity contribution in [3.05, 3.63) is 42.2 Å². The number of carbonyl (C=O) groups is 1. The van der Waals surface area contributed by atoms with Gasteiger partial charge in [0.15, 0.2) is 0 Å². The Kier molecular flexibility index (Phi) is 3.66. The monoisotopic (exact) mass is 286 g/mol. The fraction of sp³-hybridized carbons (Fsp3) is 0.375. The first kappa shape index (κ1) is 13.4. The summed E-state index contributed by atoms with van der Waals surface area (Å²) in [5, 5.41) is 2.98. The predicted molar refractivity (Wildman–Crippen MR) is 84.2 cm³/mol. The molecule has 0 radical (unpaired) electrons. The minimum Gasteiger partial charge on any atom is -0.335 e. The van der Waals surface area contributed by atoms with Crippen LogP contribution in [0.5, 0.6) is 0 Å². The molecular weight excluding hydrogens is 268 g/mol. The highest BCUT2D eigenvalue weighted by Gasteiger charge is 2.27. The Hall–Kier alpha value is -1.55. The lowest BCUT2D eigenvalue weighted by Gasteiger charge is -2.34. The summed E-state index contributed by atoms with van der Waals surface area (Å²) in [5.74, 6) is 0.0563. The molecule has 1 fully saturated rings. The van der Waals surface area contributed by atoms with Crippen molar-refractivity contribution < 1.29 is 4.79 Å². The minimum absolute atomic E-state index is 0.0563. The average Bonchev–Trinajstić information content (AvgIpc) is 2.45. The molecule has 0 N–H and O–H groups in total. The molecule has 0 saturated carbocycles. The number of fused-ring (bicyclic) bond motifs is 1. The number of hydrogen-bond acceptors (Lipinski definition) is 3. The molecule has 3 rings (SSSR count). The Morgan fingerprint density at radius 3 is 2.65 bits per heavy atom. The van der Waals surface area contributed by atoms with Crippen molar-refractivity contribution in [2.24, 2.45) is 0 Å². The molecule has 1 aromatic heterocycles. The number of benzene rings is 1. The lowest BCUT2D eigenvalue weighted by Crippen LogP contribution is -2.44. The summed E-state index contributed by atoms with van der Waals surface area (Å²) in [4.78, 5) is 19.0. The number of thioether (sulfide) groups is 1. The molecule has 20 heavy (non-hydrogen) atoms. The van der Waals surface area contributed by atoms with Crippen LogP contribution in [-0.4, -0.2) is 39.4 Å². The van der Waals surface area contributed by atoms with Gasteiger partial charge >= 0.3 is 0 Å². The maximum absolute atomic E-state index is 12.8. The van der Waals surface area contributed by atoms with Gasteiger partial charge in [-0.15, -0.1) is 0 Å². The Morgan fingerprint density at radius 2 is 1.90 bits per heavy atom. The first-order chi connectivity index (χ1) is 9.65. The molecule has 1 saturated heterocycles. The summed E-state index contributed by atoms with van der Waals surface area (Å²) in [6, 6.07) is 9.88. The number of rotatable bonds is 1. The molecule has 104 valence electrons.